The van der Waals surface area contributed by atoms with E-state index in [4.69, 9.17) is 9.47 Å². The van der Waals surface area contributed by atoms with E-state index in [0.29, 0.717) is 54.3 Å². The first kappa shape index (κ1) is 33.8. The van der Waals surface area contributed by atoms with E-state index in [-0.39, 0.29) is 17.5 Å². The predicted molar refractivity (Wildman–Crippen MR) is 178 cm³/mol. The van der Waals surface area contributed by atoms with Crippen molar-refractivity contribution in [3.8, 4) is 5.75 Å². The molecule has 0 saturated carbocycles. The average molecular weight is 681 g/mol. The molecule has 11 heteroatoms. The molecule has 0 fully saturated rings. The number of halogens is 1. The van der Waals surface area contributed by atoms with E-state index < -0.39 is 17.7 Å². The summed E-state index contributed by atoms with van der Waals surface area (Å²) in [6, 6.07) is 18.2. The Labute approximate surface area is 272 Å². The van der Waals surface area contributed by atoms with Crippen molar-refractivity contribution in [1.29, 1.82) is 0 Å². The molecule has 4 rings (SSSR count). The summed E-state index contributed by atoms with van der Waals surface area (Å²) in [5, 5.41) is 7.29. The minimum absolute atomic E-state index is 0.0855. The Kier molecular flexibility index (Phi) is 10.7. The average Bonchev–Trinajstić information content (AvgIpc) is 3.28. The molecule has 0 aliphatic carbocycles. The lowest BCUT2D eigenvalue weighted by Gasteiger charge is -2.36. The van der Waals surface area contributed by atoms with Crippen LogP contribution in [0.2, 0.25) is 0 Å². The summed E-state index contributed by atoms with van der Waals surface area (Å²) in [5.41, 5.74) is 2.52. The number of nitrogens with zero attached hydrogens (tertiary/aromatic N) is 4. The zero-order valence-electron chi connectivity index (χ0n) is 27.0. The molecule has 10 nitrogen and oxygen atoms in total. The van der Waals surface area contributed by atoms with Crippen LogP contribution >= 0.6 is 15.9 Å². The Bertz CT molecular complexity index is 1690. The van der Waals surface area contributed by atoms with E-state index in [1.807, 2.05) is 57.2 Å². The van der Waals surface area contributed by atoms with Crippen LogP contribution in [0.3, 0.4) is 0 Å². The van der Waals surface area contributed by atoms with Crippen LogP contribution in [-0.2, 0) is 11.3 Å². The number of benzene rings is 2. The Morgan fingerprint density at radius 3 is 2.33 bits per heavy atom. The predicted octanol–water partition coefficient (Wildman–Crippen LogP) is 6.38. The summed E-state index contributed by atoms with van der Waals surface area (Å²) in [6.45, 7) is 12.3. The number of ether oxygens (including phenoxy) is 2. The maximum absolute atomic E-state index is 14.3. The van der Waals surface area contributed by atoms with Crippen molar-refractivity contribution in [3.63, 3.8) is 0 Å². The second kappa shape index (κ2) is 14.3. The van der Waals surface area contributed by atoms with Gasteiger partial charge in [-0.2, -0.15) is 9.61 Å². The molecule has 2 aromatic heterocycles. The lowest BCUT2D eigenvalue weighted by Crippen LogP contribution is -2.43. The fourth-order valence-electron chi connectivity index (χ4n) is 5.29. The summed E-state index contributed by atoms with van der Waals surface area (Å²) in [5.74, 6) is 0.358. The van der Waals surface area contributed by atoms with Crippen LogP contribution in [0.15, 0.2) is 69.9 Å². The molecule has 0 saturated heterocycles. The molecule has 4 aromatic rings. The van der Waals surface area contributed by atoms with Gasteiger partial charge in [0.05, 0.1) is 35.4 Å². The molecule has 0 radical (unpaired) electrons. The monoisotopic (exact) mass is 679 g/mol. The van der Waals surface area contributed by atoms with E-state index in [1.54, 1.807) is 61.6 Å². The SMILES string of the molecule is COc1ccc(C(=O)N(CCCNC(=O)OC(C)(C)C)C(c2cc3c(Br)c(C)nn3c(=O)n2Cc2ccccc2)C(C)C)cc1. The number of methoxy groups -OCH3 is 1. The molecule has 1 atom stereocenters. The summed E-state index contributed by atoms with van der Waals surface area (Å²) in [7, 11) is 1.58. The number of aryl methyl sites for hydroxylation is 1. The number of hydrogen-bond acceptors (Lipinski definition) is 6. The zero-order valence-corrected chi connectivity index (χ0v) is 28.6. The molecular weight excluding hydrogens is 638 g/mol. The molecule has 2 amide bonds. The third-order valence-corrected chi connectivity index (χ3v) is 8.30. The molecule has 2 heterocycles. The van der Waals surface area contributed by atoms with Gasteiger partial charge in [0.1, 0.15) is 11.4 Å². The van der Waals surface area contributed by atoms with Crippen molar-refractivity contribution in [1.82, 2.24) is 24.4 Å². The van der Waals surface area contributed by atoms with Gasteiger partial charge in [-0.3, -0.25) is 9.36 Å². The molecule has 0 aliphatic rings. The van der Waals surface area contributed by atoms with Crippen LogP contribution in [-0.4, -0.2) is 56.9 Å². The number of rotatable bonds is 11. The van der Waals surface area contributed by atoms with Crippen molar-refractivity contribution in [2.45, 2.75) is 66.2 Å². The minimum atomic E-state index is -0.620. The van der Waals surface area contributed by atoms with Crippen molar-refractivity contribution in [3.05, 3.63) is 98.1 Å². The minimum Gasteiger partial charge on any atom is -0.497 e. The highest BCUT2D eigenvalue weighted by Gasteiger charge is 2.32. The van der Waals surface area contributed by atoms with Gasteiger partial charge in [0, 0.05) is 24.3 Å². The van der Waals surface area contributed by atoms with Gasteiger partial charge in [-0.1, -0.05) is 44.2 Å². The lowest BCUT2D eigenvalue weighted by atomic mass is 9.96. The number of carbonyl (C=O) groups excluding carboxylic acids is 2. The number of alkyl carbamates (subject to hydrolysis) is 1. The molecule has 0 aliphatic heterocycles. The number of nitrogens with one attached hydrogen (secondary N) is 1. The largest absolute Gasteiger partial charge is 0.497 e. The van der Waals surface area contributed by atoms with E-state index in [0.717, 1.165) is 10.0 Å². The van der Waals surface area contributed by atoms with Crippen LogP contribution in [0.5, 0.6) is 5.75 Å². The van der Waals surface area contributed by atoms with Gasteiger partial charge in [-0.05, 0) is 91.9 Å². The maximum atomic E-state index is 14.3. The first-order valence-electron chi connectivity index (χ1n) is 15.0. The van der Waals surface area contributed by atoms with Crippen molar-refractivity contribution < 1.29 is 19.1 Å². The van der Waals surface area contributed by atoms with Crippen LogP contribution in [0.4, 0.5) is 4.79 Å². The van der Waals surface area contributed by atoms with Crippen LogP contribution in [0.1, 0.15) is 74.4 Å². The van der Waals surface area contributed by atoms with Crippen molar-refractivity contribution in [2.75, 3.05) is 20.2 Å². The van der Waals surface area contributed by atoms with Gasteiger partial charge in [0.15, 0.2) is 0 Å². The Hall–Kier alpha value is -4.12. The van der Waals surface area contributed by atoms with E-state index >= 15 is 0 Å². The normalized spacial score (nSPS) is 12.3. The fourth-order valence-corrected chi connectivity index (χ4v) is 5.65. The molecule has 240 valence electrons. The Morgan fingerprint density at radius 1 is 1.07 bits per heavy atom. The third kappa shape index (κ3) is 8.13. The van der Waals surface area contributed by atoms with Gasteiger partial charge < -0.3 is 19.7 Å². The smallest absolute Gasteiger partial charge is 0.407 e. The highest BCUT2D eigenvalue weighted by Crippen LogP contribution is 2.33. The Balaban J connectivity index is 1.81. The van der Waals surface area contributed by atoms with E-state index in [1.165, 1.54) is 4.52 Å². The van der Waals surface area contributed by atoms with Crippen molar-refractivity contribution >= 4 is 33.4 Å². The summed E-state index contributed by atoms with van der Waals surface area (Å²) in [6.07, 6.45) is -0.0515. The molecular formula is C34H42BrN5O5. The molecule has 2 aromatic carbocycles. The second-order valence-corrected chi connectivity index (χ2v) is 13.1. The first-order chi connectivity index (χ1) is 21.3. The number of carbonyl (C=O) groups is 2. The molecule has 1 N–H and O–H groups in total. The van der Waals surface area contributed by atoms with Gasteiger partial charge in [-0.25, -0.2) is 9.59 Å². The topological polar surface area (TPSA) is 107 Å². The van der Waals surface area contributed by atoms with E-state index in [9.17, 15) is 14.4 Å². The fraction of sp³-hybridized carbons (Fsp3) is 0.412. The molecule has 45 heavy (non-hydrogen) atoms. The van der Waals surface area contributed by atoms with E-state index in [2.05, 4.69) is 26.3 Å². The van der Waals surface area contributed by atoms with Gasteiger partial charge in [0.2, 0.25) is 0 Å². The third-order valence-electron chi connectivity index (χ3n) is 7.32. The van der Waals surface area contributed by atoms with Crippen molar-refractivity contribution in [2.24, 2.45) is 5.92 Å². The number of fused-ring (bicyclic) bond motifs is 1. The quantitative estimate of drug-likeness (QED) is 0.185. The van der Waals surface area contributed by atoms with Crippen LogP contribution < -0.4 is 15.7 Å². The highest BCUT2D eigenvalue weighted by atomic mass is 79.9. The summed E-state index contributed by atoms with van der Waals surface area (Å²) >= 11 is 3.62. The van der Waals surface area contributed by atoms with Gasteiger partial charge in [0.25, 0.3) is 5.91 Å². The van der Waals surface area contributed by atoms with Crippen LogP contribution in [0.25, 0.3) is 5.52 Å². The summed E-state index contributed by atoms with van der Waals surface area (Å²) in [4.78, 5) is 42.5. The summed E-state index contributed by atoms with van der Waals surface area (Å²) < 4.78 is 14.5. The highest BCUT2D eigenvalue weighted by molar-refractivity contribution is 9.10. The first-order valence-corrected chi connectivity index (χ1v) is 15.8. The van der Waals surface area contributed by atoms with Gasteiger partial charge >= 0.3 is 11.8 Å². The molecule has 0 bridgehead atoms. The second-order valence-electron chi connectivity index (χ2n) is 12.3. The number of hydrogen-bond donors (Lipinski definition) is 1. The maximum Gasteiger partial charge on any atom is 0.407 e. The van der Waals surface area contributed by atoms with Crippen LogP contribution in [0, 0.1) is 12.8 Å². The lowest BCUT2D eigenvalue weighted by molar-refractivity contribution is 0.0520. The number of aromatic nitrogens is 3. The number of amides is 2. The van der Waals surface area contributed by atoms with Gasteiger partial charge in [-0.15, -0.1) is 0 Å². The zero-order chi connectivity index (χ0) is 32.9. The Morgan fingerprint density at radius 2 is 1.73 bits per heavy atom. The standard InChI is InChI=1S/C34H42BrN5O5/c1-22(2)30(28-20-27-29(35)23(3)37-40(27)33(43)39(28)21-24-12-9-8-10-13-24)38(19-11-18-36-32(42)45-34(4,5)6)31(41)25-14-16-26(44-7)17-15-25/h8-10,12-17,20,22,30H,11,18-19,21H2,1-7H3,(H,36,42). The molecule has 0 spiro atoms. The molecule has 1 unspecified atom stereocenters.